The number of hydrogen-bond acceptors (Lipinski definition) is 4. The molecule has 5 nitrogen and oxygen atoms in total. The zero-order valence-electron chi connectivity index (χ0n) is 9.43. The first-order chi connectivity index (χ1) is 7.95. The summed E-state index contributed by atoms with van der Waals surface area (Å²) in [6.07, 6.45) is 1.76. The molecule has 3 N–H and O–H groups in total. The molecule has 0 spiro atoms. The zero-order chi connectivity index (χ0) is 12.6. The van der Waals surface area contributed by atoms with Gasteiger partial charge >= 0.3 is 5.97 Å². The van der Waals surface area contributed by atoms with E-state index in [0.717, 1.165) is 0 Å². The molecule has 2 rings (SSSR count). The average Bonchev–Trinajstić information content (AvgIpc) is 2.98. The number of rotatable bonds is 4. The molecule has 0 saturated heterocycles. The maximum Gasteiger partial charge on any atom is 0.339 e. The van der Waals surface area contributed by atoms with Gasteiger partial charge in [-0.15, -0.1) is 0 Å². The van der Waals surface area contributed by atoms with Gasteiger partial charge in [-0.25, -0.2) is 4.79 Å². The molecule has 1 aliphatic rings. The number of carboxylic acid groups (broad SMARTS) is 1. The van der Waals surface area contributed by atoms with Crippen LogP contribution in [0, 0.1) is 0 Å². The Hall–Kier alpha value is -1.75. The highest BCUT2D eigenvalue weighted by Crippen LogP contribution is 2.41. The summed E-state index contributed by atoms with van der Waals surface area (Å²) in [5.41, 5.74) is -0.312. The van der Waals surface area contributed by atoms with Gasteiger partial charge in [0.2, 0.25) is 0 Å². The van der Waals surface area contributed by atoms with E-state index in [2.05, 4.69) is 0 Å². The molecular formula is C12H14O5. The Morgan fingerprint density at radius 2 is 2.12 bits per heavy atom. The number of carboxylic acids is 1. The Morgan fingerprint density at radius 1 is 1.47 bits per heavy atom. The molecule has 0 unspecified atom stereocenters. The molecule has 1 aliphatic carbocycles. The van der Waals surface area contributed by atoms with E-state index in [4.69, 9.17) is 9.84 Å². The van der Waals surface area contributed by atoms with Gasteiger partial charge in [-0.2, -0.15) is 0 Å². The molecule has 0 bridgehead atoms. The van der Waals surface area contributed by atoms with Crippen molar-refractivity contribution in [1.82, 2.24) is 0 Å². The van der Waals surface area contributed by atoms with Crippen LogP contribution in [0.1, 0.15) is 28.8 Å². The summed E-state index contributed by atoms with van der Waals surface area (Å²) in [6, 6.07) is 2.62. The van der Waals surface area contributed by atoms with Crippen LogP contribution in [-0.4, -0.2) is 34.0 Å². The molecule has 1 saturated carbocycles. The minimum absolute atomic E-state index is 0.176. The third-order valence-corrected chi connectivity index (χ3v) is 2.98. The molecule has 1 aromatic rings. The second kappa shape index (κ2) is 3.92. The van der Waals surface area contributed by atoms with E-state index in [1.807, 2.05) is 0 Å². The Labute approximate surface area is 98.3 Å². The van der Waals surface area contributed by atoms with E-state index in [9.17, 15) is 15.0 Å². The van der Waals surface area contributed by atoms with Gasteiger partial charge in [0.1, 0.15) is 17.1 Å². The summed E-state index contributed by atoms with van der Waals surface area (Å²) >= 11 is 0. The zero-order valence-corrected chi connectivity index (χ0v) is 9.43. The van der Waals surface area contributed by atoms with Crippen molar-refractivity contribution >= 4 is 5.97 Å². The summed E-state index contributed by atoms with van der Waals surface area (Å²) in [5, 5.41) is 28.2. The van der Waals surface area contributed by atoms with Gasteiger partial charge < -0.3 is 20.1 Å². The van der Waals surface area contributed by atoms with E-state index in [-0.39, 0.29) is 11.3 Å². The molecule has 5 heteroatoms. The smallest absolute Gasteiger partial charge is 0.339 e. The number of aromatic carboxylic acids is 1. The third-order valence-electron chi connectivity index (χ3n) is 2.98. The van der Waals surface area contributed by atoms with E-state index >= 15 is 0 Å². The number of benzene rings is 1. The van der Waals surface area contributed by atoms with Crippen LogP contribution in [0.4, 0.5) is 0 Å². The van der Waals surface area contributed by atoms with E-state index in [0.29, 0.717) is 30.6 Å². The molecule has 0 aromatic heterocycles. The minimum atomic E-state index is -1.20. The predicted molar refractivity (Wildman–Crippen MR) is 59.5 cm³/mol. The average molecular weight is 238 g/mol. The number of aromatic hydroxyl groups is 1. The van der Waals surface area contributed by atoms with Crippen molar-refractivity contribution in [3.63, 3.8) is 0 Å². The summed E-state index contributed by atoms with van der Waals surface area (Å²) in [4.78, 5) is 10.9. The van der Waals surface area contributed by atoms with Crippen molar-refractivity contribution in [2.75, 3.05) is 7.11 Å². The molecule has 1 aromatic carbocycles. The summed E-state index contributed by atoms with van der Waals surface area (Å²) in [7, 11) is 1.44. The quantitative estimate of drug-likeness (QED) is 0.732. The van der Waals surface area contributed by atoms with Crippen LogP contribution in [-0.2, 0) is 6.42 Å². The third kappa shape index (κ3) is 2.34. The molecule has 0 heterocycles. The Balaban J connectivity index is 2.40. The van der Waals surface area contributed by atoms with Gasteiger partial charge in [-0.3, -0.25) is 0 Å². The first-order valence-electron chi connectivity index (χ1n) is 5.31. The van der Waals surface area contributed by atoms with E-state index in [1.54, 1.807) is 0 Å². The largest absolute Gasteiger partial charge is 0.507 e. The highest BCUT2D eigenvalue weighted by atomic mass is 16.5. The summed E-state index contributed by atoms with van der Waals surface area (Å²) < 4.78 is 5.07. The molecule has 1 fully saturated rings. The van der Waals surface area contributed by atoms with Gasteiger partial charge in [0.25, 0.3) is 0 Å². The normalized spacial score (nSPS) is 16.6. The van der Waals surface area contributed by atoms with Crippen molar-refractivity contribution in [2.45, 2.75) is 24.9 Å². The van der Waals surface area contributed by atoms with Crippen molar-refractivity contribution < 1.29 is 24.9 Å². The maximum absolute atomic E-state index is 10.9. The molecule has 0 radical (unpaired) electrons. The molecular weight excluding hydrogens is 224 g/mol. The van der Waals surface area contributed by atoms with E-state index < -0.39 is 11.6 Å². The highest BCUT2D eigenvalue weighted by molar-refractivity contribution is 5.91. The highest BCUT2D eigenvalue weighted by Gasteiger charge is 2.41. The lowest BCUT2D eigenvalue weighted by Gasteiger charge is -2.13. The SMILES string of the molecule is COc1cc(O)c(C(=O)O)cc1CC1(O)CC1. The van der Waals surface area contributed by atoms with Gasteiger partial charge in [0.15, 0.2) is 0 Å². The molecule has 0 aliphatic heterocycles. The monoisotopic (exact) mass is 238 g/mol. The first kappa shape index (κ1) is 11.7. The predicted octanol–water partition coefficient (Wildman–Crippen LogP) is 1.17. The van der Waals surface area contributed by atoms with E-state index in [1.165, 1.54) is 19.2 Å². The number of phenols is 1. The number of methoxy groups -OCH3 is 1. The minimum Gasteiger partial charge on any atom is -0.507 e. The van der Waals surface area contributed by atoms with Crippen LogP contribution in [0.2, 0.25) is 0 Å². The second-order valence-corrected chi connectivity index (χ2v) is 4.39. The van der Waals surface area contributed by atoms with Crippen molar-refractivity contribution in [3.05, 3.63) is 23.3 Å². The molecule has 0 amide bonds. The van der Waals surface area contributed by atoms with Gasteiger partial charge in [0.05, 0.1) is 12.7 Å². The Morgan fingerprint density at radius 3 is 2.59 bits per heavy atom. The second-order valence-electron chi connectivity index (χ2n) is 4.39. The van der Waals surface area contributed by atoms with Crippen LogP contribution < -0.4 is 4.74 Å². The lowest BCUT2D eigenvalue weighted by Crippen LogP contribution is -2.12. The topological polar surface area (TPSA) is 87.0 Å². The van der Waals surface area contributed by atoms with Crippen LogP contribution in [0.3, 0.4) is 0 Å². The van der Waals surface area contributed by atoms with Crippen molar-refractivity contribution in [2.24, 2.45) is 0 Å². The molecule has 92 valence electrons. The number of hydrogen-bond donors (Lipinski definition) is 3. The van der Waals surface area contributed by atoms with Gasteiger partial charge in [-0.05, 0) is 24.5 Å². The van der Waals surface area contributed by atoms with Gasteiger partial charge in [0, 0.05) is 12.5 Å². The fourth-order valence-electron chi connectivity index (χ4n) is 1.79. The number of ether oxygens (including phenoxy) is 1. The maximum atomic E-state index is 10.9. The van der Waals surface area contributed by atoms with Gasteiger partial charge in [-0.1, -0.05) is 0 Å². The lowest BCUT2D eigenvalue weighted by atomic mass is 10.0. The molecule has 17 heavy (non-hydrogen) atoms. The Kier molecular flexibility index (Phi) is 2.71. The van der Waals surface area contributed by atoms with Crippen molar-refractivity contribution in [1.29, 1.82) is 0 Å². The van der Waals surface area contributed by atoms with Crippen LogP contribution in [0.5, 0.6) is 11.5 Å². The fourth-order valence-corrected chi connectivity index (χ4v) is 1.79. The standard InChI is InChI=1S/C12H14O5/c1-17-10-5-9(13)8(11(14)15)4-7(10)6-12(16)2-3-12/h4-5,13,16H,2-3,6H2,1H3,(H,14,15). The van der Waals surface area contributed by atoms with Crippen LogP contribution in [0.15, 0.2) is 12.1 Å². The van der Waals surface area contributed by atoms with Crippen LogP contribution in [0.25, 0.3) is 0 Å². The molecule has 0 atom stereocenters. The lowest BCUT2D eigenvalue weighted by molar-refractivity contribution is 0.0693. The number of carbonyl (C=O) groups is 1. The first-order valence-corrected chi connectivity index (χ1v) is 5.31. The van der Waals surface area contributed by atoms with Crippen LogP contribution >= 0.6 is 0 Å². The summed E-state index contributed by atoms with van der Waals surface area (Å²) in [5.74, 6) is -1.14. The van der Waals surface area contributed by atoms with Crippen molar-refractivity contribution in [3.8, 4) is 11.5 Å². The number of aliphatic hydroxyl groups is 1. The summed E-state index contributed by atoms with van der Waals surface area (Å²) in [6.45, 7) is 0. The Bertz CT molecular complexity index is 462. The fraction of sp³-hybridized carbons (Fsp3) is 0.417.